The van der Waals surface area contributed by atoms with Gasteiger partial charge in [0.25, 0.3) is 5.91 Å². The van der Waals surface area contributed by atoms with Crippen molar-refractivity contribution in [3.8, 4) is 0 Å². The minimum atomic E-state index is 0.127. The molecule has 5 heteroatoms. The average molecular weight is 273 g/mol. The zero-order valence-electron chi connectivity index (χ0n) is 10.5. The van der Waals surface area contributed by atoms with Crippen molar-refractivity contribution in [1.29, 1.82) is 0 Å². The fourth-order valence-electron chi connectivity index (χ4n) is 2.32. The summed E-state index contributed by atoms with van der Waals surface area (Å²) < 4.78 is 0. The molecule has 0 radical (unpaired) electrons. The van der Waals surface area contributed by atoms with E-state index >= 15 is 0 Å². The normalized spacial score (nSPS) is 19.4. The average Bonchev–Trinajstić information content (AvgIpc) is 3.02. The van der Waals surface area contributed by atoms with Crippen LogP contribution in [0.4, 0.5) is 0 Å². The first-order valence-electron chi connectivity index (χ1n) is 6.29. The number of hydrogen-bond acceptors (Lipinski definition) is 4. The smallest absolute Gasteiger partial charge is 0.254 e. The fourth-order valence-corrected chi connectivity index (χ4v) is 2.95. The van der Waals surface area contributed by atoms with Crippen molar-refractivity contribution >= 4 is 17.2 Å². The van der Waals surface area contributed by atoms with Crippen LogP contribution in [0.3, 0.4) is 0 Å². The monoisotopic (exact) mass is 273 g/mol. The molecule has 1 aliphatic heterocycles. The molecule has 1 amide bonds. The molecule has 0 aromatic carbocycles. The molecule has 1 N–H and O–H groups in total. The molecule has 0 bridgehead atoms. The lowest BCUT2D eigenvalue weighted by atomic mass is 10.1. The summed E-state index contributed by atoms with van der Waals surface area (Å²) in [6.07, 6.45) is 3.58. The molecule has 0 unspecified atom stereocenters. The van der Waals surface area contributed by atoms with Gasteiger partial charge >= 0.3 is 0 Å². The molecule has 1 saturated heterocycles. The van der Waals surface area contributed by atoms with E-state index < -0.39 is 0 Å². The second-order valence-electron chi connectivity index (χ2n) is 4.55. The summed E-state index contributed by atoms with van der Waals surface area (Å²) in [7, 11) is 0. The third kappa shape index (κ3) is 2.67. The van der Waals surface area contributed by atoms with Crippen LogP contribution in [0.5, 0.6) is 0 Å². The zero-order chi connectivity index (χ0) is 13.1. The molecule has 1 atom stereocenters. The van der Waals surface area contributed by atoms with Crippen LogP contribution in [0.25, 0.3) is 0 Å². The van der Waals surface area contributed by atoms with Gasteiger partial charge in [0.05, 0.1) is 11.6 Å². The molecule has 0 aliphatic carbocycles. The van der Waals surface area contributed by atoms with Crippen LogP contribution in [-0.4, -0.2) is 35.4 Å². The van der Waals surface area contributed by atoms with E-state index in [4.69, 9.17) is 0 Å². The van der Waals surface area contributed by atoms with Crippen LogP contribution in [0.2, 0.25) is 0 Å². The Kier molecular flexibility index (Phi) is 3.57. The summed E-state index contributed by atoms with van der Waals surface area (Å²) in [6.45, 7) is 2.29. The molecule has 3 rings (SSSR count). The Hall–Kier alpha value is -1.72. The number of pyridine rings is 1. The highest BCUT2D eigenvalue weighted by Crippen LogP contribution is 2.18. The van der Waals surface area contributed by atoms with Gasteiger partial charge < -0.3 is 10.2 Å². The maximum Gasteiger partial charge on any atom is 0.254 e. The van der Waals surface area contributed by atoms with E-state index in [1.165, 1.54) is 5.56 Å². The zero-order valence-corrected chi connectivity index (χ0v) is 11.3. The summed E-state index contributed by atoms with van der Waals surface area (Å²) in [4.78, 5) is 18.3. The number of nitrogens with zero attached hydrogens (tertiary/aromatic N) is 2. The second kappa shape index (κ2) is 5.50. The molecule has 2 aromatic rings. The lowest BCUT2D eigenvalue weighted by Gasteiger charge is -2.33. The molecule has 0 saturated carbocycles. The van der Waals surface area contributed by atoms with Gasteiger partial charge in [0.1, 0.15) is 0 Å². The van der Waals surface area contributed by atoms with Crippen molar-refractivity contribution in [2.45, 2.75) is 6.04 Å². The maximum atomic E-state index is 12.3. The van der Waals surface area contributed by atoms with Crippen LogP contribution in [-0.2, 0) is 0 Å². The van der Waals surface area contributed by atoms with E-state index in [1.54, 1.807) is 23.7 Å². The first kappa shape index (κ1) is 12.3. The number of carbonyl (C=O) groups excluding carboxylic acids is 1. The van der Waals surface area contributed by atoms with E-state index in [1.807, 2.05) is 33.9 Å². The Labute approximate surface area is 116 Å². The van der Waals surface area contributed by atoms with Gasteiger partial charge in [-0.3, -0.25) is 9.78 Å². The molecule has 1 aliphatic rings. The number of nitrogens with one attached hydrogen (secondary N) is 1. The number of piperazine rings is 1. The van der Waals surface area contributed by atoms with Gasteiger partial charge in [-0.05, 0) is 29.1 Å². The highest BCUT2D eigenvalue weighted by atomic mass is 32.1. The minimum Gasteiger partial charge on any atom is -0.335 e. The molecule has 3 heterocycles. The topological polar surface area (TPSA) is 45.2 Å². The predicted octanol–water partition coefficient (Wildman–Crippen LogP) is 1.93. The third-order valence-electron chi connectivity index (χ3n) is 3.34. The quantitative estimate of drug-likeness (QED) is 0.909. The first-order valence-corrected chi connectivity index (χ1v) is 7.23. The molecule has 0 spiro atoms. The number of carbonyl (C=O) groups is 1. The van der Waals surface area contributed by atoms with Crippen molar-refractivity contribution < 1.29 is 4.79 Å². The fraction of sp³-hybridized carbons (Fsp3) is 0.286. The minimum absolute atomic E-state index is 0.127. The molecule has 19 heavy (non-hydrogen) atoms. The van der Waals surface area contributed by atoms with Crippen LogP contribution >= 0.6 is 11.3 Å². The Balaban J connectivity index is 1.73. The van der Waals surface area contributed by atoms with Gasteiger partial charge in [-0.15, -0.1) is 0 Å². The van der Waals surface area contributed by atoms with E-state index in [-0.39, 0.29) is 11.9 Å². The maximum absolute atomic E-state index is 12.3. The Morgan fingerprint density at radius 2 is 2.21 bits per heavy atom. The van der Waals surface area contributed by atoms with Gasteiger partial charge in [0.15, 0.2) is 0 Å². The van der Waals surface area contributed by atoms with Crippen molar-refractivity contribution in [1.82, 2.24) is 15.2 Å². The molecule has 2 aromatic heterocycles. The molecular formula is C14H15N3OS. The number of aromatic nitrogens is 1. The number of amides is 1. The predicted molar refractivity (Wildman–Crippen MR) is 75.2 cm³/mol. The molecule has 98 valence electrons. The Morgan fingerprint density at radius 1 is 1.37 bits per heavy atom. The van der Waals surface area contributed by atoms with Crippen LogP contribution in [0.1, 0.15) is 22.0 Å². The molecule has 4 nitrogen and oxygen atoms in total. The number of thiophene rings is 1. The third-order valence-corrected chi connectivity index (χ3v) is 4.02. The Morgan fingerprint density at radius 3 is 2.95 bits per heavy atom. The highest BCUT2D eigenvalue weighted by molar-refractivity contribution is 7.08. The summed E-state index contributed by atoms with van der Waals surface area (Å²) in [5, 5.41) is 7.30. The highest BCUT2D eigenvalue weighted by Gasteiger charge is 2.25. The summed E-state index contributed by atoms with van der Waals surface area (Å²) in [5.74, 6) is 0.127. The van der Waals surface area contributed by atoms with Crippen molar-refractivity contribution in [2.24, 2.45) is 0 Å². The van der Waals surface area contributed by atoms with Crippen LogP contribution < -0.4 is 5.32 Å². The van der Waals surface area contributed by atoms with E-state index in [9.17, 15) is 4.79 Å². The second-order valence-corrected chi connectivity index (χ2v) is 5.33. The number of rotatable bonds is 2. The standard InChI is InChI=1S/C14H15N3OS/c18-14(12-3-8-19-10-12)17-7-6-16-13(9-17)11-1-4-15-5-2-11/h1-5,8,10,13,16H,6-7,9H2/t13-/m1/s1. The van der Waals surface area contributed by atoms with Gasteiger partial charge in [-0.1, -0.05) is 0 Å². The van der Waals surface area contributed by atoms with Crippen molar-refractivity contribution in [2.75, 3.05) is 19.6 Å². The Bertz CT molecular complexity index is 541. The van der Waals surface area contributed by atoms with Gasteiger partial charge in [-0.25, -0.2) is 0 Å². The van der Waals surface area contributed by atoms with Crippen molar-refractivity contribution in [3.05, 3.63) is 52.5 Å². The van der Waals surface area contributed by atoms with Gasteiger partial charge in [0, 0.05) is 37.4 Å². The SMILES string of the molecule is O=C(c1ccsc1)N1CCN[C@@H](c2ccncc2)C1. The van der Waals surface area contributed by atoms with E-state index in [0.29, 0.717) is 6.54 Å². The van der Waals surface area contributed by atoms with Crippen LogP contribution in [0, 0.1) is 0 Å². The largest absolute Gasteiger partial charge is 0.335 e. The van der Waals surface area contributed by atoms with Crippen LogP contribution in [0.15, 0.2) is 41.4 Å². The van der Waals surface area contributed by atoms with E-state index in [0.717, 1.165) is 18.7 Å². The van der Waals surface area contributed by atoms with E-state index in [2.05, 4.69) is 10.3 Å². The first-order chi connectivity index (χ1) is 9.34. The number of hydrogen-bond donors (Lipinski definition) is 1. The van der Waals surface area contributed by atoms with Gasteiger partial charge in [0.2, 0.25) is 0 Å². The van der Waals surface area contributed by atoms with Crippen molar-refractivity contribution in [3.63, 3.8) is 0 Å². The molecular weight excluding hydrogens is 258 g/mol. The van der Waals surface area contributed by atoms with Gasteiger partial charge in [-0.2, -0.15) is 11.3 Å². The summed E-state index contributed by atoms with van der Waals surface area (Å²) in [5.41, 5.74) is 1.97. The molecule has 1 fully saturated rings. The lowest BCUT2D eigenvalue weighted by molar-refractivity contribution is 0.0703. The summed E-state index contributed by atoms with van der Waals surface area (Å²) >= 11 is 1.56. The summed E-state index contributed by atoms with van der Waals surface area (Å²) in [6, 6.07) is 6.07. The lowest BCUT2D eigenvalue weighted by Crippen LogP contribution is -2.48.